The lowest BCUT2D eigenvalue weighted by Gasteiger charge is -2.11. The second kappa shape index (κ2) is 6.00. The molecule has 0 N–H and O–H groups in total. The van der Waals surface area contributed by atoms with Crippen molar-refractivity contribution in [3.8, 4) is 0 Å². The molecule has 1 rings (SSSR count). The van der Waals surface area contributed by atoms with E-state index in [1.807, 2.05) is 13.8 Å². The maximum absolute atomic E-state index is 13.4. The zero-order valence-corrected chi connectivity index (χ0v) is 10.4. The molecule has 1 nitrogen and oxygen atoms in total. The second-order valence-corrected chi connectivity index (χ2v) is 4.33. The Morgan fingerprint density at radius 2 is 2.00 bits per heavy atom. The summed E-state index contributed by atoms with van der Waals surface area (Å²) in [6, 6.07) is 4.32. The van der Waals surface area contributed by atoms with Crippen LogP contribution in [0.25, 0.3) is 0 Å². The SMILES string of the molecule is CCC(CC)C(=O)Cc1cc(Cl)ccc1F. The van der Waals surface area contributed by atoms with Crippen LogP contribution in [0.1, 0.15) is 32.3 Å². The number of rotatable bonds is 5. The van der Waals surface area contributed by atoms with Gasteiger partial charge in [-0.2, -0.15) is 0 Å². The molecule has 0 aliphatic rings. The highest BCUT2D eigenvalue weighted by atomic mass is 35.5. The molecule has 0 saturated heterocycles. The lowest BCUT2D eigenvalue weighted by Crippen LogP contribution is -2.16. The first-order valence-electron chi connectivity index (χ1n) is 5.55. The number of ketones is 1. The van der Waals surface area contributed by atoms with E-state index in [0.29, 0.717) is 10.6 Å². The molecule has 0 spiro atoms. The standard InChI is InChI=1S/C13H16ClFO/c1-3-9(4-2)13(16)8-10-7-11(14)5-6-12(10)15/h5-7,9H,3-4,8H2,1-2H3. The zero-order chi connectivity index (χ0) is 12.1. The van der Waals surface area contributed by atoms with Crippen molar-refractivity contribution in [2.45, 2.75) is 33.1 Å². The number of carbonyl (C=O) groups is 1. The third kappa shape index (κ3) is 3.31. The van der Waals surface area contributed by atoms with Crippen molar-refractivity contribution in [1.82, 2.24) is 0 Å². The number of hydrogen-bond donors (Lipinski definition) is 0. The van der Waals surface area contributed by atoms with Crippen LogP contribution in [0.5, 0.6) is 0 Å². The molecule has 0 unspecified atom stereocenters. The number of benzene rings is 1. The molecule has 88 valence electrons. The van der Waals surface area contributed by atoms with Gasteiger partial charge in [0.25, 0.3) is 0 Å². The summed E-state index contributed by atoms with van der Waals surface area (Å²) in [4.78, 5) is 11.8. The molecule has 0 bridgehead atoms. The quantitative estimate of drug-likeness (QED) is 0.762. The van der Waals surface area contributed by atoms with E-state index in [9.17, 15) is 9.18 Å². The van der Waals surface area contributed by atoms with E-state index in [2.05, 4.69) is 0 Å². The van der Waals surface area contributed by atoms with E-state index in [1.54, 1.807) is 0 Å². The predicted molar refractivity (Wildman–Crippen MR) is 64.2 cm³/mol. The lowest BCUT2D eigenvalue weighted by atomic mass is 9.93. The first-order valence-corrected chi connectivity index (χ1v) is 5.92. The number of Topliss-reactive ketones (excluding diaryl/α,β-unsaturated/α-hetero) is 1. The summed E-state index contributed by atoms with van der Waals surface area (Å²) < 4.78 is 13.4. The van der Waals surface area contributed by atoms with Gasteiger partial charge in [-0.15, -0.1) is 0 Å². The van der Waals surface area contributed by atoms with Crippen molar-refractivity contribution >= 4 is 17.4 Å². The highest BCUT2D eigenvalue weighted by molar-refractivity contribution is 6.30. The van der Waals surface area contributed by atoms with Crippen molar-refractivity contribution in [3.05, 3.63) is 34.6 Å². The van der Waals surface area contributed by atoms with E-state index in [4.69, 9.17) is 11.6 Å². The fourth-order valence-corrected chi connectivity index (χ4v) is 1.95. The van der Waals surface area contributed by atoms with Gasteiger partial charge in [0, 0.05) is 17.4 Å². The second-order valence-electron chi connectivity index (χ2n) is 3.89. The van der Waals surface area contributed by atoms with Crippen LogP contribution in [0, 0.1) is 11.7 Å². The van der Waals surface area contributed by atoms with Gasteiger partial charge in [-0.25, -0.2) is 4.39 Å². The average Bonchev–Trinajstić information content (AvgIpc) is 2.25. The van der Waals surface area contributed by atoms with Gasteiger partial charge in [-0.3, -0.25) is 4.79 Å². The minimum Gasteiger partial charge on any atom is -0.299 e. The third-order valence-electron chi connectivity index (χ3n) is 2.81. The van der Waals surface area contributed by atoms with Crippen LogP contribution >= 0.6 is 11.6 Å². The molecule has 1 aromatic rings. The fourth-order valence-electron chi connectivity index (χ4n) is 1.75. The number of halogens is 2. The molecule has 0 saturated carbocycles. The summed E-state index contributed by atoms with van der Waals surface area (Å²) in [6.07, 6.45) is 1.74. The molecule has 3 heteroatoms. The van der Waals surface area contributed by atoms with Gasteiger partial charge in [0.05, 0.1) is 0 Å². The lowest BCUT2D eigenvalue weighted by molar-refractivity contribution is -0.122. The Morgan fingerprint density at radius 3 is 2.56 bits per heavy atom. The smallest absolute Gasteiger partial charge is 0.140 e. The molecule has 0 heterocycles. The van der Waals surface area contributed by atoms with Crippen LogP contribution in [0.3, 0.4) is 0 Å². The van der Waals surface area contributed by atoms with Gasteiger partial charge in [0.2, 0.25) is 0 Å². The van der Waals surface area contributed by atoms with Crippen LogP contribution in [-0.2, 0) is 11.2 Å². The molecule has 0 radical (unpaired) electrons. The summed E-state index contributed by atoms with van der Waals surface area (Å²) in [6.45, 7) is 3.95. The van der Waals surface area contributed by atoms with Gasteiger partial charge in [0.1, 0.15) is 11.6 Å². The zero-order valence-electron chi connectivity index (χ0n) is 9.59. The average molecular weight is 243 g/mol. The van der Waals surface area contributed by atoms with Crippen molar-refractivity contribution < 1.29 is 9.18 Å². The number of carbonyl (C=O) groups excluding carboxylic acids is 1. The highest BCUT2D eigenvalue weighted by Crippen LogP contribution is 2.18. The largest absolute Gasteiger partial charge is 0.299 e. The Hall–Kier alpha value is -0.890. The normalized spacial score (nSPS) is 10.8. The van der Waals surface area contributed by atoms with Gasteiger partial charge in [-0.05, 0) is 36.6 Å². The van der Waals surface area contributed by atoms with Crippen LogP contribution in [-0.4, -0.2) is 5.78 Å². The molecule has 0 atom stereocenters. The minimum atomic E-state index is -0.358. The first kappa shape index (κ1) is 13.2. The highest BCUT2D eigenvalue weighted by Gasteiger charge is 2.16. The van der Waals surface area contributed by atoms with Crippen molar-refractivity contribution in [1.29, 1.82) is 0 Å². The van der Waals surface area contributed by atoms with Crippen LogP contribution in [0.2, 0.25) is 5.02 Å². The summed E-state index contributed by atoms with van der Waals surface area (Å²) in [5.41, 5.74) is 0.393. The minimum absolute atomic E-state index is 0.0263. The maximum Gasteiger partial charge on any atom is 0.140 e. The Balaban J connectivity index is 2.80. The number of hydrogen-bond acceptors (Lipinski definition) is 1. The summed E-state index contributed by atoms with van der Waals surface area (Å²) in [5.74, 6) is -0.242. The van der Waals surface area contributed by atoms with E-state index < -0.39 is 0 Å². The van der Waals surface area contributed by atoms with Crippen molar-refractivity contribution in [2.24, 2.45) is 5.92 Å². The van der Waals surface area contributed by atoms with Crippen LogP contribution in [0.15, 0.2) is 18.2 Å². The molecule has 1 aromatic carbocycles. The van der Waals surface area contributed by atoms with Gasteiger partial charge in [-0.1, -0.05) is 25.4 Å². The monoisotopic (exact) mass is 242 g/mol. The summed E-state index contributed by atoms with van der Waals surface area (Å²) in [7, 11) is 0. The topological polar surface area (TPSA) is 17.1 Å². The predicted octanol–water partition coefficient (Wildman–Crippen LogP) is 4.03. The van der Waals surface area contributed by atoms with Crippen molar-refractivity contribution in [2.75, 3.05) is 0 Å². The van der Waals surface area contributed by atoms with Crippen molar-refractivity contribution in [3.63, 3.8) is 0 Å². The van der Waals surface area contributed by atoms with Crippen LogP contribution in [0.4, 0.5) is 4.39 Å². The summed E-state index contributed by atoms with van der Waals surface area (Å²) in [5, 5.41) is 0.466. The summed E-state index contributed by atoms with van der Waals surface area (Å²) >= 11 is 5.77. The molecule has 0 aromatic heterocycles. The van der Waals surface area contributed by atoms with E-state index >= 15 is 0 Å². The first-order chi connectivity index (χ1) is 7.58. The Bertz CT molecular complexity index is 372. The molecule has 0 aliphatic carbocycles. The van der Waals surface area contributed by atoms with E-state index in [1.165, 1.54) is 18.2 Å². The molecular weight excluding hydrogens is 227 g/mol. The van der Waals surface area contributed by atoms with Crippen LogP contribution < -0.4 is 0 Å². The van der Waals surface area contributed by atoms with Gasteiger partial charge < -0.3 is 0 Å². The Kier molecular flexibility index (Phi) is 4.94. The fraction of sp³-hybridized carbons (Fsp3) is 0.462. The maximum atomic E-state index is 13.4. The van der Waals surface area contributed by atoms with E-state index in [0.717, 1.165) is 12.8 Å². The Labute approximate surface area is 101 Å². The van der Waals surface area contributed by atoms with Gasteiger partial charge >= 0.3 is 0 Å². The molecule has 0 amide bonds. The Morgan fingerprint density at radius 1 is 1.38 bits per heavy atom. The van der Waals surface area contributed by atoms with E-state index in [-0.39, 0.29) is 23.9 Å². The third-order valence-corrected chi connectivity index (χ3v) is 3.05. The van der Waals surface area contributed by atoms with Gasteiger partial charge in [0.15, 0.2) is 0 Å². The molecule has 0 fully saturated rings. The molecular formula is C13H16ClFO. The molecule has 0 aliphatic heterocycles. The molecule has 16 heavy (non-hydrogen) atoms.